The lowest BCUT2D eigenvalue weighted by Gasteiger charge is -2.33. The van der Waals surface area contributed by atoms with Gasteiger partial charge in [0.2, 0.25) is 5.91 Å². The van der Waals surface area contributed by atoms with Crippen LogP contribution in [0.5, 0.6) is 0 Å². The second-order valence-electron chi connectivity index (χ2n) is 8.27. The minimum Gasteiger partial charge on any atom is -0.354 e. The summed E-state index contributed by atoms with van der Waals surface area (Å²) in [6, 6.07) is 18.4. The molecule has 0 aromatic heterocycles. The Bertz CT molecular complexity index is 916. The Morgan fingerprint density at radius 3 is 2.10 bits per heavy atom. The Labute approximate surface area is 183 Å². The summed E-state index contributed by atoms with van der Waals surface area (Å²) in [6.07, 6.45) is 3.25. The quantitative estimate of drug-likeness (QED) is 0.814. The monoisotopic (exact) mass is 419 g/mol. The standard InChI is InChI=1S/C25H29N3O3/c29-23-21-13-7-14-22(21)28(25(31)20-11-5-2-6-12-20)17-8-16-27(18-15-26-23)24(30)19-9-3-1-4-10-19/h1-6,9-12,21-22H,7-8,13-18H2,(H,26,29). The Hall–Kier alpha value is -3.15. The molecule has 2 aromatic rings. The highest BCUT2D eigenvalue weighted by Gasteiger charge is 2.39. The maximum atomic E-state index is 13.3. The largest absolute Gasteiger partial charge is 0.354 e. The second kappa shape index (κ2) is 9.77. The molecule has 2 atom stereocenters. The highest BCUT2D eigenvalue weighted by molar-refractivity contribution is 5.95. The molecule has 4 rings (SSSR count). The summed E-state index contributed by atoms with van der Waals surface area (Å²) in [6.45, 7) is 1.96. The molecule has 2 unspecified atom stereocenters. The van der Waals surface area contributed by atoms with Crippen LogP contribution in [0.25, 0.3) is 0 Å². The van der Waals surface area contributed by atoms with Gasteiger partial charge in [0.25, 0.3) is 11.8 Å². The summed E-state index contributed by atoms with van der Waals surface area (Å²) in [5, 5.41) is 3.02. The molecular weight excluding hydrogens is 390 g/mol. The van der Waals surface area contributed by atoms with Gasteiger partial charge in [-0.15, -0.1) is 0 Å². The van der Waals surface area contributed by atoms with Crippen molar-refractivity contribution in [2.75, 3.05) is 26.2 Å². The average molecular weight is 420 g/mol. The van der Waals surface area contributed by atoms with Crippen molar-refractivity contribution in [1.82, 2.24) is 15.1 Å². The number of nitrogens with zero attached hydrogens (tertiary/aromatic N) is 2. The van der Waals surface area contributed by atoms with E-state index in [-0.39, 0.29) is 29.7 Å². The van der Waals surface area contributed by atoms with Gasteiger partial charge in [-0.2, -0.15) is 0 Å². The maximum absolute atomic E-state index is 13.3. The van der Waals surface area contributed by atoms with Gasteiger partial charge in [-0.3, -0.25) is 14.4 Å². The maximum Gasteiger partial charge on any atom is 0.254 e. The molecule has 162 valence electrons. The Morgan fingerprint density at radius 2 is 1.42 bits per heavy atom. The number of benzene rings is 2. The van der Waals surface area contributed by atoms with E-state index in [0.717, 1.165) is 19.3 Å². The molecule has 1 N–H and O–H groups in total. The predicted octanol–water partition coefficient (Wildman–Crippen LogP) is 2.96. The van der Waals surface area contributed by atoms with Gasteiger partial charge in [0.05, 0.1) is 5.92 Å². The van der Waals surface area contributed by atoms with Crippen LogP contribution in [0.4, 0.5) is 0 Å². The molecular formula is C25H29N3O3. The number of hydrogen-bond acceptors (Lipinski definition) is 3. The number of carbonyl (C=O) groups is 3. The van der Waals surface area contributed by atoms with Crippen molar-refractivity contribution >= 4 is 17.7 Å². The zero-order chi connectivity index (χ0) is 21.6. The molecule has 2 aromatic carbocycles. The van der Waals surface area contributed by atoms with E-state index in [1.165, 1.54) is 0 Å². The first-order chi connectivity index (χ1) is 15.1. The van der Waals surface area contributed by atoms with Crippen LogP contribution in [-0.4, -0.2) is 59.7 Å². The van der Waals surface area contributed by atoms with Crippen molar-refractivity contribution < 1.29 is 14.4 Å². The Morgan fingerprint density at radius 1 is 0.774 bits per heavy atom. The lowest BCUT2D eigenvalue weighted by Crippen LogP contribution is -2.47. The minimum atomic E-state index is -0.191. The third kappa shape index (κ3) is 4.79. The first-order valence-electron chi connectivity index (χ1n) is 11.1. The second-order valence-corrected chi connectivity index (χ2v) is 8.27. The molecule has 1 saturated heterocycles. The zero-order valence-corrected chi connectivity index (χ0v) is 17.7. The van der Waals surface area contributed by atoms with Crippen LogP contribution in [0, 0.1) is 5.92 Å². The van der Waals surface area contributed by atoms with Gasteiger partial charge in [-0.05, 0) is 43.5 Å². The van der Waals surface area contributed by atoms with Crippen LogP contribution in [0.15, 0.2) is 60.7 Å². The molecule has 2 aliphatic rings. The van der Waals surface area contributed by atoms with Crippen LogP contribution in [-0.2, 0) is 4.79 Å². The number of rotatable bonds is 2. The topological polar surface area (TPSA) is 69.7 Å². The fraction of sp³-hybridized carbons (Fsp3) is 0.400. The van der Waals surface area contributed by atoms with E-state index in [1.54, 1.807) is 4.90 Å². The third-order valence-electron chi connectivity index (χ3n) is 6.31. The van der Waals surface area contributed by atoms with Crippen LogP contribution in [0.2, 0.25) is 0 Å². The van der Waals surface area contributed by atoms with E-state index in [1.807, 2.05) is 65.6 Å². The van der Waals surface area contributed by atoms with Crippen molar-refractivity contribution in [3.8, 4) is 0 Å². The number of amides is 3. The Kier molecular flexibility index (Phi) is 6.65. The molecule has 0 spiro atoms. The van der Waals surface area contributed by atoms with E-state index >= 15 is 0 Å². The summed E-state index contributed by atoms with van der Waals surface area (Å²) in [5.41, 5.74) is 1.28. The number of fused-ring (bicyclic) bond motifs is 1. The van der Waals surface area contributed by atoms with Gasteiger partial charge in [-0.1, -0.05) is 42.8 Å². The number of carbonyl (C=O) groups excluding carboxylic acids is 3. The molecule has 1 saturated carbocycles. The van der Waals surface area contributed by atoms with Crippen LogP contribution >= 0.6 is 0 Å². The lowest BCUT2D eigenvalue weighted by molar-refractivity contribution is -0.126. The van der Waals surface area contributed by atoms with Crippen LogP contribution < -0.4 is 5.32 Å². The molecule has 6 nitrogen and oxygen atoms in total. The predicted molar refractivity (Wildman–Crippen MR) is 119 cm³/mol. The van der Waals surface area contributed by atoms with Crippen molar-refractivity contribution in [1.29, 1.82) is 0 Å². The molecule has 1 aliphatic heterocycles. The fourth-order valence-corrected chi connectivity index (χ4v) is 4.74. The van der Waals surface area contributed by atoms with Crippen molar-refractivity contribution in [2.45, 2.75) is 31.7 Å². The van der Waals surface area contributed by atoms with Crippen molar-refractivity contribution in [3.05, 3.63) is 71.8 Å². The van der Waals surface area contributed by atoms with Gasteiger partial charge in [-0.25, -0.2) is 0 Å². The van der Waals surface area contributed by atoms with Gasteiger partial charge in [0.1, 0.15) is 0 Å². The van der Waals surface area contributed by atoms with E-state index < -0.39 is 0 Å². The first kappa shape index (κ1) is 21.1. The third-order valence-corrected chi connectivity index (χ3v) is 6.31. The first-order valence-corrected chi connectivity index (χ1v) is 11.1. The number of hydrogen-bond donors (Lipinski definition) is 1. The molecule has 0 bridgehead atoms. The average Bonchev–Trinajstić information content (AvgIpc) is 3.29. The van der Waals surface area contributed by atoms with E-state index in [2.05, 4.69) is 5.32 Å². The van der Waals surface area contributed by atoms with Crippen LogP contribution in [0.1, 0.15) is 46.4 Å². The fourth-order valence-electron chi connectivity index (χ4n) is 4.74. The van der Waals surface area contributed by atoms with Gasteiger partial charge in [0, 0.05) is 43.3 Å². The smallest absolute Gasteiger partial charge is 0.254 e. The van der Waals surface area contributed by atoms with E-state index in [0.29, 0.717) is 43.7 Å². The lowest BCUT2D eigenvalue weighted by atomic mass is 9.99. The highest BCUT2D eigenvalue weighted by atomic mass is 16.2. The molecule has 2 fully saturated rings. The summed E-state index contributed by atoms with van der Waals surface area (Å²) < 4.78 is 0. The van der Waals surface area contributed by atoms with Gasteiger partial charge in [0.15, 0.2) is 0 Å². The summed E-state index contributed by atoms with van der Waals surface area (Å²) in [4.78, 5) is 42.9. The van der Waals surface area contributed by atoms with Crippen molar-refractivity contribution in [2.24, 2.45) is 5.92 Å². The molecule has 3 amide bonds. The van der Waals surface area contributed by atoms with Crippen LogP contribution in [0.3, 0.4) is 0 Å². The summed E-state index contributed by atoms with van der Waals surface area (Å²) in [7, 11) is 0. The highest BCUT2D eigenvalue weighted by Crippen LogP contribution is 2.31. The molecule has 1 heterocycles. The number of nitrogens with one attached hydrogen (secondary N) is 1. The zero-order valence-electron chi connectivity index (χ0n) is 17.7. The van der Waals surface area contributed by atoms with Gasteiger partial charge >= 0.3 is 0 Å². The normalized spacial score (nSPS) is 22.3. The SMILES string of the molecule is O=C1NCCN(C(=O)c2ccccc2)CCCN(C(=O)c2ccccc2)C2CCCC12. The Balaban J connectivity index is 1.56. The molecule has 31 heavy (non-hydrogen) atoms. The van der Waals surface area contributed by atoms with E-state index in [4.69, 9.17) is 0 Å². The summed E-state index contributed by atoms with van der Waals surface area (Å²) in [5.74, 6) is -0.285. The molecule has 0 radical (unpaired) electrons. The summed E-state index contributed by atoms with van der Waals surface area (Å²) >= 11 is 0. The van der Waals surface area contributed by atoms with Gasteiger partial charge < -0.3 is 15.1 Å². The molecule has 6 heteroatoms. The molecule has 1 aliphatic carbocycles. The van der Waals surface area contributed by atoms with E-state index in [9.17, 15) is 14.4 Å². The van der Waals surface area contributed by atoms with Crippen molar-refractivity contribution in [3.63, 3.8) is 0 Å². The minimum absolute atomic E-state index is 0.0117.